The minimum absolute atomic E-state index is 0.0855. The second-order valence-electron chi connectivity index (χ2n) is 4.72. The van der Waals surface area contributed by atoms with Gasteiger partial charge in [-0.2, -0.15) is 0 Å². The number of hydrogen-bond acceptors (Lipinski definition) is 3. The van der Waals surface area contributed by atoms with Gasteiger partial charge >= 0.3 is 5.97 Å². The van der Waals surface area contributed by atoms with Gasteiger partial charge in [0.2, 0.25) is 11.8 Å². The number of aliphatic carboxylic acids is 1. The number of benzene rings is 1. The number of carboxylic acids is 1. The molecular weight excluding hydrogens is 246 g/mol. The summed E-state index contributed by atoms with van der Waals surface area (Å²) in [5, 5.41) is 8.71. The Kier molecular flexibility index (Phi) is 3.64. The van der Waals surface area contributed by atoms with Crippen molar-refractivity contribution in [2.45, 2.75) is 19.3 Å². The predicted octanol–water partition coefficient (Wildman–Crippen LogP) is 1.25. The first kappa shape index (κ1) is 13.3. The van der Waals surface area contributed by atoms with Gasteiger partial charge in [-0.15, -0.1) is 0 Å². The molecule has 1 aromatic carbocycles. The normalized spacial score (nSPS) is 20.7. The summed E-state index contributed by atoms with van der Waals surface area (Å²) in [5.74, 6) is -2.52. The van der Waals surface area contributed by atoms with Crippen LogP contribution in [0.3, 0.4) is 0 Å². The SMILES string of the molecule is C[C@@H](c1ccccc1)[C@H]1CC(=O)N(CC(=O)O)C1=O. The van der Waals surface area contributed by atoms with Gasteiger partial charge in [-0.3, -0.25) is 19.3 Å². The highest BCUT2D eigenvalue weighted by molar-refractivity contribution is 6.05. The molecule has 100 valence electrons. The molecule has 2 rings (SSSR count). The summed E-state index contributed by atoms with van der Waals surface area (Å²) in [7, 11) is 0. The second-order valence-corrected chi connectivity index (χ2v) is 4.72. The van der Waals surface area contributed by atoms with Gasteiger partial charge in [-0.25, -0.2) is 0 Å². The zero-order chi connectivity index (χ0) is 14.0. The quantitative estimate of drug-likeness (QED) is 0.828. The standard InChI is InChI=1S/C14H15NO4/c1-9(10-5-3-2-4-6-10)11-7-12(16)15(14(11)19)8-13(17)18/h2-6,9,11H,7-8H2,1H3,(H,17,18)/t9-,11+/m0/s1. The third-order valence-corrected chi connectivity index (χ3v) is 3.50. The van der Waals surface area contributed by atoms with Gasteiger partial charge in [0.05, 0.1) is 5.92 Å². The van der Waals surface area contributed by atoms with E-state index in [0.29, 0.717) is 0 Å². The van der Waals surface area contributed by atoms with Crippen LogP contribution in [0.25, 0.3) is 0 Å². The fourth-order valence-electron chi connectivity index (χ4n) is 2.39. The number of likely N-dealkylation sites (tertiary alicyclic amines) is 1. The molecule has 1 heterocycles. The van der Waals surface area contributed by atoms with E-state index in [1.807, 2.05) is 37.3 Å². The van der Waals surface area contributed by atoms with Crippen molar-refractivity contribution >= 4 is 17.8 Å². The first-order valence-electron chi connectivity index (χ1n) is 6.11. The first-order chi connectivity index (χ1) is 9.00. The fourth-order valence-corrected chi connectivity index (χ4v) is 2.39. The number of carbonyl (C=O) groups is 3. The Morgan fingerprint density at radius 2 is 2.00 bits per heavy atom. The monoisotopic (exact) mass is 261 g/mol. The van der Waals surface area contributed by atoms with Crippen LogP contribution in [0.4, 0.5) is 0 Å². The molecule has 0 unspecified atom stereocenters. The third-order valence-electron chi connectivity index (χ3n) is 3.50. The Balaban J connectivity index is 2.17. The molecule has 1 aliphatic heterocycles. The lowest BCUT2D eigenvalue weighted by Crippen LogP contribution is -2.36. The summed E-state index contributed by atoms with van der Waals surface area (Å²) < 4.78 is 0. The van der Waals surface area contributed by atoms with Crippen LogP contribution >= 0.6 is 0 Å². The molecule has 5 heteroatoms. The molecule has 0 aromatic heterocycles. The van der Waals surface area contributed by atoms with Crippen molar-refractivity contribution in [3.63, 3.8) is 0 Å². The molecule has 5 nitrogen and oxygen atoms in total. The number of rotatable bonds is 4. The van der Waals surface area contributed by atoms with Gasteiger partial charge in [0.25, 0.3) is 0 Å². The molecule has 1 saturated heterocycles. The number of carbonyl (C=O) groups excluding carboxylic acids is 2. The molecule has 0 spiro atoms. The molecule has 0 aliphatic carbocycles. The Morgan fingerprint density at radius 3 is 2.58 bits per heavy atom. The molecule has 2 amide bonds. The van der Waals surface area contributed by atoms with E-state index in [1.165, 1.54) is 0 Å². The van der Waals surface area contributed by atoms with Gasteiger partial charge in [0.1, 0.15) is 6.54 Å². The van der Waals surface area contributed by atoms with Gasteiger partial charge in [0, 0.05) is 6.42 Å². The Bertz CT molecular complexity index is 511. The fraction of sp³-hybridized carbons (Fsp3) is 0.357. The molecular formula is C14H15NO4. The van der Waals surface area contributed by atoms with Crippen LogP contribution in [0.15, 0.2) is 30.3 Å². The minimum Gasteiger partial charge on any atom is -0.480 e. The summed E-state index contributed by atoms with van der Waals surface area (Å²) in [4.78, 5) is 35.3. The van der Waals surface area contributed by atoms with Crippen LogP contribution in [0, 0.1) is 5.92 Å². The molecule has 0 saturated carbocycles. The predicted molar refractivity (Wildman–Crippen MR) is 67.3 cm³/mol. The van der Waals surface area contributed by atoms with E-state index in [4.69, 9.17) is 5.11 Å². The molecule has 0 radical (unpaired) electrons. The van der Waals surface area contributed by atoms with Crippen molar-refractivity contribution in [2.75, 3.05) is 6.54 Å². The van der Waals surface area contributed by atoms with Gasteiger partial charge in [-0.05, 0) is 11.5 Å². The van der Waals surface area contributed by atoms with Crippen molar-refractivity contribution < 1.29 is 19.5 Å². The van der Waals surface area contributed by atoms with Crippen LogP contribution in [-0.2, 0) is 14.4 Å². The minimum atomic E-state index is -1.17. The van der Waals surface area contributed by atoms with Gasteiger partial charge in [0.15, 0.2) is 0 Å². The number of imide groups is 1. The maximum Gasteiger partial charge on any atom is 0.323 e. The molecule has 1 N–H and O–H groups in total. The number of amides is 2. The van der Waals surface area contributed by atoms with Gasteiger partial charge < -0.3 is 5.11 Å². The Labute approximate surface area is 110 Å². The third kappa shape index (κ3) is 2.65. The van der Waals surface area contributed by atoms with Crippen LogP contribution in [0.2, 0.25) is 0 Å². The maximum absolute atomic E-state index is 12.1. The van der Waals surface area contributed by atoms with E-state index in [1.54, 1.807) is 0 Å². The van der Waals surface area contributed by atoms with E-state index >= 15 is 0 Å². The van der Waals surface area contributed by atoms with Crippen molar-refractivity contribution in [1.82, 2.24) is 4.90 Å². The topological polar surface area (TPSA) is 74.7 Å². The van der Waals surface area contributed by atoms with Crippen LogP contribution in [0.5, 0.6) is 0 Å². The zero-order valence-electron chi connectivity index (χ0n) is 10.6. The van der Waals surface area contributed by atoms with E-state index in [0.717, 1.165) is 10.5 Å². The van der Waals surface area contributed by atoms with E-state index in [-0.39, 0.29) is 18.2 Å². The lowest BCUT2D eigenvalue weighted by molar-refractivity contribution is -0.149. The highest BCUT2D eigenvalue weighted by Crippen LogP contribution is 2.33. The first-order valence-corrected chi connectivity index (χ1v) is 6.11. The van der Waals surface area contributed by atoms with Crippen LogP contribution in [-0.4, -0.2) is 34.3 Å². The lowest BCUT2D eigenvalue weighted by Gasteiger charge is -2.18. The summed E-state index contributed by atoms with van der Waals surface area (Å²) in [6.45, 7) is 1.34. The van der Waals surface area contributed by atoms with E-state index < -0.39 is 24.3 Å². The van der Waals surface area contributed by atoms with Crippen molar-refractivity contribution in [2.24, 2.45) is 5.92 Å². The molecule has 0 bridgehead atoms. The molecule has 2 atom stereocenters. The van der Waals surface area contributed by atoms with Crippen LogP contribution < -0.4 is 0 Å². The number of carboxylic acid groups (broad SMARTS) is 1. The summed E-state index contributed by atoms with van der Waals surface area (Å²) in [6.07, 6.45) is 0.0855. The van der Waals surface area contributed by atoms with Crippen molar-refractivity contribution in [3.05, 3.63) is 35.9 Å². The molecule has 1 aromatic rings. The van der Waals surface area contributed by atoms with Crippen molar-refractivity contribution in [3.8, 4) is 0 Å². The smallest absolute Gasteiger partial charge is 0.323 e. The second kappa shape index (κ2) is 5.22. The summed E-state index contributed by atoms with van der Waals surface area (Å²) in [6, 6.07) is 9.45. The largest absolute Gasteiger partial charge is 0.480 e. The Hall–Kier alpha value is -2.17. The summed E-state index contributed by atoms with van der Waals surface area (Å²) in [5.41, 5.74) is 0.978. The highest BCUT2D eigenvalue weighted by atomic mass is 16.4. The molecule has 19 heavy (non-hydrogen) atoms. The average molecular weight is 261 g/mol. The van der Waals surface area contributed by atoms with Crippen LogP contribution in [0.1, 0.15) is 24.8 Å². The lowest BCUT2D eigenvalue weighted by atomic mass is 9.86. The van der Waals surface area contributed by atoms with Crippen molar-refractivity contribution in [1.29, 1.82) is 0 Å². The maximum atomic E-state index is 12.1. The highest BCUT2D eigenvalue weighted by Gasteiger charge is 2.42. The molecule has 1 fully saturated rings. The zero-order valence-corrected chi connectivity index (χ0v) is 10.6. The van der Waals surface area contributed by atoms with E-state index in [9.17, 15) is 14.4 Å². The van der Waals surface area contributed by atoms with E-state index in [2.05, 4.69) is 0 Å². The Morgan fingerprint density at radius 1 is 1.37 bits per heavy atom. The van der Waals surface area contributed by atoms with Gasteiger partial charge in [-0.1, -0.05) is 37.3 Å². The summed E-state index contributed by atoms with van der Waals surface area (Å²) >= 11 is 0. The number of nitrogens with zero attached hydrogens (tertiary/aromatic N) is 1. The average Bonchev–Trinajstić information content (AvgIpc) is 2.66. The number of hydrogen-bond donors (Lipinski definition) is 1. The molecule has 1 aliphatic rings.